The highest BCUT2D eigenvalue weighted by molar-refractivity contribution is 8.00. The molecule has 0 aromatic heterocycles. The summed E-state index contributed by atoms with van der Waals surface area (Å²) in [7, 11) is 0. The summed E-state index contributed by atoms with van der Waals surface area (Å²) in [6.45, 7) is 10.2. The lowest BCUT2D eigenvalue weighted by atomic mass is 10.00. The van der Waals surface area contributed by atoms with E-state index in [0.29, 0.717) is 10.8 Å². The van der Waals surface area contributed by atoms with Crippen LogP contribution in [0.15, 0.2) is 24.3 Å². The molecule has 0 fully saturated rings. The fourth-order valence-electron chi connectivity index (χ4n) is 2.58. The molecular weight excluding hydrogens is 262 g/mol. The monoisotopic (exact) mass is 293 g/mol. The molecule has 1 rings (SSSR count). The maximum absolute atomic E-state index is 3.72. The zero-order chi connectivity index (χ0) is 15.0. The van der Waals surface area contributed by atoms with E-state index < -0.39 is 0 Å². The quantitative estimate of drug-likeness (QED) is 0.670. The van der Waals surface area contributed by atoms with Crippen LogP contribution in [0.1, 0.15) is 64.1 Å². The third-order valence-electron chi connectivity index (χ3n) is 4.47. The highest BCUT2D eigenvalue weighted by Crippen LogP contribution is 2.30. The number of hydrogen-bond acceptors (Lipinski definition) is 2. The third-order valence-corrected chi connectivity index (χ3v) is 6.06. The van der Waals surface area contributed by atoms with Crippen LogP contribution >= 0.6 is 11.8 Å². The first-order valence-corrected chi connectivity index (χ1v) is 9.20. The second-order valence-corrected chi connectivity index (χ2v) is 6.96. The van der Waals surface area contributed by atoms with Crippen molar-refractivity contribution in [3.8, 4) is 0 Å². The molecule has 0 aliphatic heterocycles. The molecule has 1 N–H and O–H groups in total. The molecule has 2 heteroatoms. The van der Waals surface area contributed by atoms with Gasteiger partial charge in [0.25, 0.3) is 0 Å². The topological polar surface area (TPSA) is 12.0 Å². The number of hydrogen-bond donors (Lipinski definition) is 1. The number of benzene rings is 1. The Kier molecular flexibility index (Phi) is 7.68. The van der Waals surface area contributed by atoms with Crippen molar-refractivity contribution >= 4 is 11.8 Å². The van der Waals surface area contributed by atoms with Gasteiger partial charge in [-0.15, -0.1) is 0 Å². The maximum atomic E-state index is 3.72. The van der Waals surface area contributed by atoms with Gasteiger partial charge < -0.3 is 5.32 Å². The Morgan fingerprint density at radius 1 is 1.10 bits per heavy atom. The van der Waals surface area contributed by atoms with Crippen molar-refractivity contribution in [2.45, 2.75) is 64.2 Å². The molecule has 0 saturated carbocycles. The maximum Gasteiger partial charge on any atom is 0.0292 e. The molecule has 0 bridgehead atoms. The molecule has 20 heavy (non-hydrogen) atoms. The van der Waals surface area contributed by atoms with Gasteiger partial charge in [0.05, 0.1) is 0 Å². The van der Waals surface area contributed by atoms with Gasteiger partial charge in [-0.05, 0) is 43.6 Å². The van der Waals surface area contributed by atoms with Crippen molar-refractivity contribution < 1.29 is 0 Å². The highest BCUT2D eigenvalue weighted by Gasteiger charge is 2.25. The minimum atomic E-state index is 0.385. The summed E-state index contributed by atoms with van der Waals surface area (Å²) in [5.41, 5.74) is 2.84. The van der Waals surface area contributed by atoms with Crippen LogP contribution in [-0.2, 0) is 6.42 Å². The summed E-state index contributed by atoms with van der Waals surface area (Å²) >= 11 is 2.00. The van der Waals surface area contributed by atoms with E-state index in [1.807, 2.05) is 11.8 Å². The second kappa shape index (κ2) is 8.74. The Hall–Kier alpha value is -0.470. The average molecular weight is 294 g/mol. The van der Waals surface area contributed by atoms with Crippen LogP contribution in [0.3, 0.4) is 0 Å². The molecule has 0 saturated heterocycles. The molecule has 1 nitrogen and oxygen atoms in total. The number of thioether (sulfide) groups is 1. The van der Waals surface area contributed by atoms with E-state index in [2.05, 4.69) is 63.5 Å². The van der Waals surface area contributed by atoms with Crippen LogP contribution in [0.25, 0.3) is 0 Å². The number of aryl methyl sites for hydroxylation is 1. The molecular formula is C18H31NS. The molecule has 1 aromatic rings. The average Bonchev–Trinajstić information content (AvgIpc) is 2.50. The van der Waals surface area contributed by atoms with Gasteiger partial charge in [-0.2, -0.15) is 11.8 Å². The third kappa shape index (κ3) is 4.82. The molecule has 1 aromatic carbocycles. The molecule has 1 atom stereocenters. The van der Waals surface area contributed by atoms with Gasteiger partial charge in [-0.25, -0.2) is 0 Å². The van der Waals surface area contributed by atoms with Crippen molar-refractivity contribution in [3.63, 3.8) is 0 Å². The molecule has 0 radical (unpaired) electrons. The van der Waals surface area contributed by atoms with Crippen LogP contribution in [0.2, 0.25) is 0 Å². The van der Waals surface area contributed by atoms with Gasteiger partial charge in [-0.3, -0.25) is 0 Å². The zero-order valence-corrected chi connectivity index (χ0v) is 14.6. The Morgan fingerprint density at radius 2 is 1.70 bits per heavy atom. The van der Waals surface area contributed by atoms with Crippen LogP contribution in [0.4, 0.5) is 0 Å². The second-order valence-electron chi connectivity index (χ2n) is 5.69. The molecule has 0 amide bonds. The van der Waals surface area contributed by atoms with Crippen LogP contribution in [0, 0.1) is 0 Å². The Morgan fingerprint density at radius 3 is 2.15 bits per heavy atom. The summed E-state index contributed by atoms with van der Waals surface area (Å²) in [6, 6.07) is 9.54. The molecule has 0 spiro atoms. The minimum absolute atomic E-state index is 0.385. The van der Waals surface area contributed by atoms with E-state index in [-0.39, 0.29) is 0 Å². The predicted octanol–water partition coefficient (Wildman–Crippen LogP) is 5.21. The van der Waals surface area contributed by atoms with Gasteiger partial charge in [0.15, 0.2) is 0 Å². The van der Waals surface area contributed by atoms with Crippen LogP contribution < -0.4 is 5.32 Å². The fraction of sp³-hybridized carbons (Fsp3) is 0.667. The largest absolute Gasteiger partial charge is 0.309 e. The first kappa shape index (κ1) is 17.6. The lowest BCUT2D eigenvalue weighted by Crippen LogP contribution is -2.37. The normalized spacial score (nSPS) is 13.4. The van der Waals surface area contributed by atoms with Crippen molar-refractivity contribution in [1.29, 1.82) is 0 Å². The number of rotatable bonds is 9. The summed E-state index contributed by atoms with van der Waals surface area (Å²) in [5.74, 6) is 0. The fourth-order valence-corrected chi connectivity index (χ4v) is 3.38. The highest BCUT2D eigenvalue weighted by atomic mass is 32.2. The van der Waals surface area contributed by atoms with E-state index in [1.54, 1.807) is 0 Å². The first-order valence-electron chi connectivity index (χ1n) is 7.98. The molecule has 0 heterocycles. The molecule has 0 aliphatic carbocycles. The number of nitrogens with one attached hydrogen (secondary N) is 1. The summed E-state index contributed by atoms with van der Waals surface area (Å²) in [5, 5.41) is 3.72. The Labute approximate surface area is 129 Å². The summed E-state index contributed by atoms with van der Waals surface area (Å²) in [6.07, 6.45) is 7.08. The predicted molar refractivity (Wildman–Crippen MR) is 93.7 cm³/mol. The Bertz CT molecular complexity index is 359. The van der Waals surface area contributed by atoms with Crippen molar-refractivity contribution in [2.75, 3.05) is 12.8 Å². The molecule has 114 valence electrons. The smallest absolute Gasteiger partial charge is 0.0292 e. The standard InChI is InChI=1S/C18H31NS/c1-6-9-16-10-12-17(13-11-16)15(4)19-14-18(7-2,8-3)20-5/h10-13,15,19H,6-9,14H2,1-5H3. The van der Waals surface area contributed by atoms with Crippen molar-refractivity contribution in [2.24, 2.45) is 0 Å². The van der Waals surface area contributed by atoms with E-state index in [0.717, 1.165) is 6.54 Å². The summed E-state index contributed by atoms with van der Waals surface area (Å²) < 4.78 is 0.385. The van der Waals surface area contributed by atoms with Gasteiger partial charge in [-0.1, -0.05) is 51.5 Å². The van der Waals surface area contributed by atoms with Crippen LogP contribution in [-0.4, -0.2) is 17.5 Å². The SMILES string of the molecule is CCCc1ccc(C(C)NCC(CC)(CC)SC)cc1. The van der Waals surface area contributed by atoms with Crippen molar-refractivity contribution in [3.05, 3.63) is 35.4 Å². The van der Waals surface area contributed by atoms with E-state index in [9.17, 15) is 0 Å². The molecule has 1 unspecified atom stereocenters. The minimum Gasteiger partial charge on any atom is -0.309 e. The van der Waals surface area contributed by atoms with E-state index >= 15 is 0 Å². The lowest BCUT2D eigenvalue weighted by Gasteiger charge is -2.31. The van der Waals surface area contributed by atoms with Crippen molar-refractivity contribution in [1.82, 2.24) is 5.32 Å². The van der Waals surface area contributed by atoms with Gasteiger partial charge in [0.1, 0.15) is 0 Å². The van der Waals surface area contributed by atoms with Gasteiger partial charge in [0.2, 0.25) is 0 Å². The van der Waals surface area contributed by atoms with E-state index in [4.69, 9.17) is 0 Å². The van der Waals surface area contributed by atoms with Gasteiger partial charge >= 0.3 is 0 Å². The van der Waals surface area contributed by atoms with Crippen LogP contribution in [0.5, 0.6) is 0 Å². The first-order chi connectivity index (χ1) is 9.60. The zero-order valence-electron chi connectivity index (χ0n) is 13.8. The summed E-state index contributed by atoms with van der Waals surface area (Å²) in [4.78, 5) is 0. The molecule has 0 aliphatic rings. The van der Waals surface area contributed by atoms with E-state index in [1.165, 1.54) is 36.8 Å². The lowest BCUT2D eigenvalue weighted by molar-refractivity contribution is 0.460. The van der Waals surface area contributed by atoms with Gasteiger partial charge in [0, 0.05) is 17.3 Å². The Balaban J connectivity index is 2.59.